The van der Waals surface area contributed by atoms with E-state index >= 15 is 0 Å². The number of nitrogens with zero attached hydrogens (tertiary/aromatic N) is 1. The minimum absolute atomic E-state index is 0.00462. The zero-order valence-electron chi connectivity index (χ0n) is 12.5. The lowest BCUT2D eigenvalue weighted by atomic mass is 10.1. The van der Waals surface area contributed by atoms with Crippen molar-refractivity contribution in [2.45, 2.75) is 19.4 Å². The number of amides is 2. The van der Waals surface area contributed by atoms with E-state index in [9.17, 15) is 9.59 Å². The predicted octanol–water partition coefficient (Wildman–Crippen LogP) is 0.761. The van der Waals surface area contributed by atoms with Gasteiger partial charge in [-0.25, -0.2) is 0 Å². The molecular formula is C16H23N3O2. The largest absolute Gasteiger partial charge is 0.356 e. The zero-order chi connectivity index (χ0) is 15.1. The van der Waals surface area contributed by atoms with E-state index < -0.39 is 0 Å². The summed E-state index contributed by atoms with van der Waals surface area (Å²) in [4.78, 5) is 25.8. The van der Waals surface area contributed by atoms with Gasteiger partial charge in [-0.3, -0.25) is 9.59 Å². The van der Waals surface area contributed by atoms with Crippen LogP contribution in [-0.2, 0) is 16.1 Å². The summed E-state index contributed by atoms with van der Waals surface area (Å²) >= 11 is 0. The molecule has 2 amide bonds. The Bertz CT molecular complexity index is 476. The lowest BCUT2D eigenvalue weighted by Crippen LogP contribution is -2.34. The fourth-order valence-electron chi connectivity index (χ4n) is 2.53. The van der Waals surface area contributed by atoms with Crippen LogP contribution < -0.4 is 10.6 Å². The molecule has 0 bridgehead atoms. The highest BCUT2D eigenvalue weighted by molar-refractivity contribution is 5.89. The Morgan fingerprint density at radius 3 is 2.76 bits per heavy atom. The molecule has 0 aliphatic carbocycles. The van der Waals surface area contributed by atoms with Crippen molar-refractivity contribution in [1.82, 2.24) is 15.5 Å². The number of hydrogen-bond acceptors (Lipinski definition) is 3. The number of benzene rings is 1. The van der Waals surface area contributed by atoms with Crippen LogP contribution >= 0.6 is 0 Å². The molecule has 5 nitrogen and oxygen atoms in total. The molecule has 1 atom stereocenters. The second-order valence-corrected chi connectivity index (χ2v) is 5.41. The van der Waals surface area contributed by atoms with Crippen LogP contribution in [0.2, 0.25) is 0 Å². The van der Waals surface area contributed by atoms with Crippen molar-refractivity contribution in [3.05, 3.63) is 35.9 Å². The molecule has 1 heterocycles. The molecule has 1 fully saturated rings. The first-order valence-electron chi connectivity index (χ1n) is 7.44. The van der Waals surface area contributed by atoms with Crippen molar-refractivity contribution < 1.29 is 9.59 Å². The van der Waals surface area contributed by atoms with Gasteiger partial charge in [0.1, 0.15) is 0 Å². The normalized spacial score (nSPS) is 18.0. The molecule has 1 aliphatic heterocycles. The van der Waals surface area contributed by atoms with Crippen LogP contribution in [-0.4, -0.2) is 43.4 Å². The Hall–Kier alpha value is -1.88. The van der Waals surface area contributed by atoms with Crippen LogP contribution in [0.3, 0.4) is 0 Å². The molecule has 1 saturated heterocycles. The van der Waals surface area contributed by atoms with Crippen LogP contribution in [0.25, 0.3) is 0 Å². The van der Waals surface area contributed by atoms with E-state index in [0.717, 1.165) is 18.5 Å². The van der Waals surface area contributed by atoms with Gasteiger partial charge in [-0.2, -0.15) is 0 Å². The minimum Gasteiger partial charge on any atom is -0.356 e. The van der Waals surface area contributed by atoms with E-state index in [1.165, 1.54) is 0 Å². The maximum atomic E-state index is 12.0. The average molecular weight is 289 g/mol. The van der Waals surface area contributed by atoms with Gasteiger partial charge in [0.25, 0.3) is 0 Å². The maximum Gasteiger partial charge on any atom is 0.225 e. The van der Waals surface area contributed by atoms with Crippen LogP contribution in [0, 0.1) is 5.92 Å². The molecule has 0 spiro atoms. The van der Waals surface area contributed by atoms with Crippen LogP contribution in [0.4, 0.5) is 0 Å². The van der Waals surface area contributed by atoms with Crippen molar-refractivity contribution in [1.29, 1.82) is 0 Å². The van der Waals surface area contributed by atoms with E-state index in [2.05, 4.69) is 10.6 Å². The highest BCUT2D eigenvalue weighted by Gasteiger charge is 2.33. The average Bonchev–Trinajstić information content (AvgIpc) is 2.86. The Balaban J connectivity index is 1.80. The highest BCUT2D eigenvalue weighted by atomic mass is 16.2. The van der Waals surface area contributed by atoms with E-state index in [1.54, 1.807) is 4.90 Å². The third-order valence-corrected chi connectivity index (χ3v) is 3.70. The fourth-order valence-corrected chi connectivity index (χ4v) is 2.53. The first-order valence-corrected chi connectivity index (χ1v) is 7.44. The molecule has 1 aliphatic rings. The van der Waals surface area contributed by atoms with Gasteiger partial charge in [0.2, 0.25) is 11.8 Å². The standard InChI is InChI=1S/C16H23N3O2/c1-17-8-5-9-18-16(21)14-10-15(20)19(12-14)11-13-6-3-2-4-7-13/h2-4,6-7,14,17H,5,8-12H2,1H3,(H,18,21). The second-order valence-electron chi connectivity index (χ2n) is 5.41. The molecule has 0 radical (unpaired) electrons. The quantitative estimate of drug-likeness (QED) is 0.729. The lowest BCUT2D eigenvalue weighted by molar-refractivity contribution is -0.129. The third-order valence-electron chi connectivity index (χ3n) is 3.70. The Labute approximate surface area is 125 Å². The molecule has 2 N–H and O–H groups in total. The minimum atomic E-state index is -0.212. The first-order chi connectivity index (χ1) is 10.2. The van der Waals surface area contributed by atoms with Crippen molar-refractivity contribution >= 4 is 11.8 Å². The van der Waals surface area contributed by atoms with Gasteiger partial charge >= 0.3 is 0 Å². The van der Waals surface area contributed by atoms with Crippen LogP contribution in [0.1, 0.15) is 18.4 Å². The summed E-state index contributed by atoms with van der Waals surface area (Å²) in [6.45, 7) is 2.64. The van der Waals surface area contributed by atoms with E-state index in [0.29, 0.717) is 26.1 Å². The summed E-state index contributed by atoms with van der Waals surface area (Å²) in [5.74, 6) is -0.153. The van der Waals surface area contributed by atoms with Gasteiger partial charge < -0.3 is 15.5 Å². The van der Waals surface area contributed by atoms with Crippen LogP contribution in [0.15, 0.2) is 30.3 Å². The molecule has 1 unspecified atom stereocenters. The van der Waals surface area contributed by atoms with Gasteiger partial charge in [0, 0.05) is 26.1 Å². The maximum absolute atomic E-state index is 12.0. The number of carbonyl (C=O) groups excluding carboxylic acids is 2. The van der Waals surface area contributed by atoms with Gasteiger partial charge in [-0.05, 0) is 25.6 Å². The van der Waals surface area contributed by atoms with E-state index in [1.807, 2.05) is 37.4 Å². The molecule has 0 saturated carbocycles. The topological polar surface area (TPSA) is 61.4 Å². The van der Waals surface area contributed by atoms with Crippen molar-refractivity contribution in [3.8, 4) is 0 Å². The van der Waals surface area contributed by atoms with Gasteiger partial charge in [0.05, 0.1) is 5.92 Å². The molecule has 5 heteroatoms. The highest BCUT2D eigenvalue weighted by Crippen LogP contribution is 2.20. The Morgan fingerprint density at radius 2 is 2.05 bits per heavy atom. The number of hydrogen-bond donors (Lipinski definition) is 2. The van der Waals surface area contributed by atoms with E-state index in [4.69, 9.17) is 0 Å². The number of carbonyl (C=O) groups is 2. The van der Waals surface area contributed by atoms with Gasteiger partial charge in [-0.15, -0.1) is 0 Å². The summed E-state index contributed by atoms with van der Waals surface area (Å²) in [5, 5.41) is 5.95. The fraction of sp³-hybridized carbons (Fsp3) is 0.500. The van der Waals surface area contributed by atoms with Crippen molar-refractivity contribution in [3.63, 3.8) is 0 Å². The SMILES string of the molecule is CNCCCNC(=O)C1CC(=O)N(Cc2ccccc2)C1. The molecule has 0 aromatic heterocycles. The summed E-state index contributed by atoms with van der Waals surface area (Å²) < 4.78 is 0. The number of nitrogens with one attached hydrogen (secondary N) is 2. The number of rotatable bonds is 7. The van der Waals surface area contributed by atoms with Crippen LogP contribution in [0.5, 0.6) is 0 Å². The summed E-state index contributed by atoms with van der Waals surface area (Å²) in [6.07, 6.45) is 1.22. The Morgan fingerprint density at radius 1 is 1.29 bits per heavy atom. The smallest absolute Gasteiger partial charge is 0.225 e. The molecule has 1 aromatic carbocycles. The predicted molar refractivity (Wildman–Crippen MR) is 81.5 cm³/mol. The molecular weight excluding hydrogens is 266 g/mol. The molecule has 2 rings (SSSR count). The number of likely N-dealkylation sites (tertiary alicyclic amines) is 1. The summed E-state index contributed by atoms with van der Waals surface area (Å²) in [6, 6.07) is 9.87. The molecule has 1 aromatic rings. The Kier molecular flexibility index (Phi) is 5.75. The summed E-state index contributed by atoms with van der Waals surface area (Å²) in [7, 11) is 1.89. The van der Waals surface area contributed by atoms with Gasteiger partial charge in [0.15, 0.2) is 0 Å². The van der Waals surface area contributed by atoms with Crippen molar-refractivity contribution in [2.24, 2.45) is 5.92 Å². The molecule has 21 heavy (non-hydrogen) atoms. The zero-order valence-corrected chi connectivity index (χ0v) is 12.5. The lowest BCUT2D eigenvalue weighted by Gasteiger charge is -2.16. The first kappa shape index (κ1) is 15.5. The molecule has 114 valence electrons. The summed E-state index contributed by atoms with van der Waals surface area (Å²) in [5.41, 5.74) is 1.10. The second kappa shape index (κ2) is 7.78. The monoisotopic (exact) mass is 289 g/mol. The van der Waals surface area contributed by atoms with Crippen molar-refractivity contribution in [2.75, 3.05) is 26.7 Å². The van der Waals surface area contributed by atoms with E-state index in [-0.39, 0.29) is 17.7 Å². The van der Waals surface area contributed by atoms with Gasteiger partial charge in [-0.1, -0.05) is 30.3 Å². The third kappa shape index (κ3) is 4.56.